The van der Waals surface area contributed by atoms with Crippen LogP contribution in [0.15, 0.2) is 66.7 Å². The summed E-state index contributed by atoms with van der Waals surface area (Å²) in [5.74, 6) is 1.04. The maximum absolute atomic E-state index is 12.7. The normalized spacial score (nSPS) is 11.8. The molecule has 0 fully saturated rings. The van der Waals surface area contributed by atoms with E-state index in [4.69, 9.17) is 0 Å². The van der Waals surface area contributed by atoms with E-state index in [0.717, 1.165) is 22.5 Å². The van der Waals surface area contributed by atoms with E-state index in [2.05, 4.69) is 20.5 Å². The molecule has 0 unspecified atom stereocenters. The van der Waals surface area contributed by atoms with Crippen molar-refractivity contribution >= 4 is 17.4 Å². The summed E-state index contributed by atoms with van der Waals surface area (Å²) in [6.07, 6.45) is 0. The highest BCUT2D eigenvalue weighted by molar-refractivity contribution is 6.22. The first-order valence-electron chi connectivity index (χ1n) is 9.19. The lowest BCUT2D eigenvalue weighted by atomic mass is 10.0. The Kier molecular flexibility index (Phi) is 3.84. The van der Waals surface area contributed by atoms with Crippen LogP contribution >= 0.6 is 0 Å². The second kappa shape index (κ2) is 6.53. The fourth-order valence-electron chi connectivity index (χ4n) is 3.55. The van der Waals surface area contributed by atoms with Gasteiger partial charge in [-0.2, -0.15) is 5.10 Å². The third kappa shape index (κ3) is 2.91. The van der Waals surface area contributed by atoms with Crippen molar-refractivity contribution in [2.24, 2.45) is 0 Å². The molecule has 0 radical (unpaired) electrons. The number of H-pyrrole nitrogens is 1. The number of carbonyl (C=O) groups is 2. The van der Waals surface area contributed by atoms with Crippen molar-refractivity contribution in [2.75, 3.05) is 5.32 Å². The molecule has 1 aliphatic rings. The number of aromatic nitrogens is 3. The van der Waals surface area contributed by atoms with Gasteiger partial charge >= 0.3 is 0 Å². The first-order chi connectivity index (χ1) is 14.1. The molecule has 0 spiro atoms. The topological polar surface area (TPSA) is 87.7 Å². The lowest BCUT2D eigenvalue weighted by molar-refractivity contribution is 0.102. The smallest absolute Gasteiger partial charge is 0.255 e. The number of benzene rings is 3. The Morgan fingerprint density at radius 3 is 2.34 bits per heavy atom. The molecule has 0 saturated carbocycles. The first-order valence-corrected chi connectivity index (χ1v) is 9.19. The third-order valence-electron chi connectivity index (χ3n) is 4.99. The predicted molar refractivity (Wildman–Crippen MR) is 110 cm³/mol. The molecule has 1 heterocycles. The van der Waals surface area contributed by atoms with E-state index in [-0.39, 0.29) is 11.7 Å². The summed E-state index contributed by atoms with van der Waals surface area (Å²) in [7, 11) is 0. The molecule has 3 aromatic carbocycles. The fourth-order valence-corrected chi connectivity index (χ4v) is 3.55. The summed E-state index contributed by atoms with van der Waals surface area (Å²) < 4.78 is 0. The molecule has 0 atom stereocenters. The second-order valence-corrected chi connectivity index (χ2v) is 6.91. The van der Waals surface area contributed by atoms with Crippen molar-refractivity contribution in [3.8, 4) is 22.5 Å². The van der Waals surface area contributed by atoms with Gasteiger partial charge in [-0.25, -0.2) is 4.98 Å². The molecule has 29 heavy (non-hydrogen) atoms. The maximum Gasteiger partial charge on any atom is 0.255 e. The van der Waals surface area contributed by atoms with Crippen LogP contribution in [0, 0.1) is 6.92 Å². The van der Waals surface area contributed by atoms with Crippen LogP contribution in [0.1, 0.15) is 32.1 Å². The number of amides is 1. The summed E-state index contributed by atoms with van der Waals surface area (Å²) in [5.41, 5.74) is 4.98. The van der Waals surface area contributed by atoms with Crippen LogP contribution in [0.2, 0.25) is 0 Å². The molecule has 1 aliphatic carbocycles. The highest BCUT2D eigenvalue weighted by Gasteiger charge is 2.27. The number of hydrogen-bond acceptors (Lipinski definition) is 4. The summed E-state index contributed by atoms with van der Waals surface area (Å²) >= 11 is 0. The number of hydrogen-bond donors (Lipinski definition) is 2. The number of nitrogens with zero attached hydrogens (tertiary/aromatic N) is 2. The van der Waals surface area contributed by atoms with Gasteiger partial charge in [-0.15, -0.1) is 0 Å². The average Bonchev–Trinajstić information content (AvgIpc) is 3.30. The Morgan fingerprint density at radius 2 is 1.62 bits per heavy atom. The molecule has 0 bridgehead atoms. The van der Waals surface area contributed by atoms with E-state index in [9.17, 15) is 9.59 Å². The van der Waals surface area contributed by atoms with E-state index < -0.39 is 0 Å². The van der Waals surface area contributed by atoms with Gasteiger partial charge in [-0.05, 0) is 54.4 Å². The Bertz CT molecular complexity index is 1270. The molecule has 6 heteroatoms. The lowest BCUT2D eigenvalue weighted by Gasteiger charge is -2.07. The van der Waals surface area contributed by atoms with Gasteiger partial charge in [0.25, 0.3) is 5.91 Å². The van der Waals surface area contributed by atoms with E-state index in [1.165, 1.54) is 0 Å². The molecule has 0 saturated heterocycles. The minimum absolute atomic E-state index is 0.0450. The van der Waals surface area contributed by atoms with Crippen LogP contribution in [0.3, 0.4) is 0 Å². The van der Waals surface area contributed by atoms with Crippen molar-refractivity contribution < 1.29 is 9.59 Å². The summed E-state index contributed by atoms with van der Waals surface area (Å²) in [4.78, 5) is 29.6. The van der Waals surface area contributed by atoms with Crippen LogP contribution in [0.5, 0.6) is 0 Å². The minimum atomic E-state index is -0.266. The molecule has 0 aliphatic heterocycles. The van der Waals surface area contributed by atoms with Gasteiger partial charge < -0.3 is 5.32 Å². The Balaban J connectivity index is 1.37. The number of nitrogens with one attached hydrogen (secondary N) is 2. The van der Waals surface area contributed by atoms with Crippen molar-refractivity contribution in [1.29, 1.82) is 0 Å². The van der Waals surface area contributed by atoms with Gasteiger partial charge in [-0.1, -0.05) is 30.3 Å². The fraction of sp³-hybridized carbons (Fsp3) is 0.0435. The summed E-state index contributed by atoms with van der Waals surface area (Å²) in [6.45, 7) is 1.84. The molecule has 2 N–H and O–H groups in total. The Labute approximate surface area is 166 Å². The Hall–Kier alpha value is -4.06. The van der Waals surface area contributed by atoms with Crippen LogP contribution < -0.4 is 5.32 Å². The van der Waals surface area contributed by atoms with E-state index in [1.54, 1.807) is 24.3 Å². The molecular weight excluding hydrogens is 364 g/mol. The summed E-state index contributed by atoms with van der Waals surface area (Å²) in [5, 5.41) is 9.80. The molecule has 4 aromatic rings. The standard InChI is InChI=1S/C23H16N4O2/c1-13-24-22(27-26-13)14-6-9-16(10-7-14)25-23(29)15-8-11-18-17-4-2-3-5-19(17)21(28)20(18)12-15/h2-12H,1H3,(H,25,29)(H,24,26,27). The molecule has 6 nitrogen and oxygen atoms in total. The lowest BCUT2D eigenvalue weighted by Crippen LogP contribution is -2.12. The van der Waals surface area contributed by atoms with Crippen LogP contribution in [-0.4, -0.2) is 26.9 Å². The van der Waals surface area contributed by atoms with E-state index in [0.29, 0.717) is 28.2 Å². The van der Waals surface area contributed by atoms with Gasteiger partial charge in [0.15, 0.2) is 11.6 Å². The number of aryl methyl sites for hydroxylation is 1. The zero-order valence-electron chi connectivity index (χ0n) is 15.6. The van der Waals surface area contributed by atoms with Gasteiger partial charge in [0.1, 0.15) is 5.82 Å². The monoisotopic (exact) mass is 380 g/mol. The van der Waals surface area contributed by atoms with Gasteiger partial charge in [0, 0.05) is 27.9 Å². The van der Waals surface area contributed by atoms with Crippen LogP contribution in [-0.2, 0) is 0 Å². The maximum atomic E-state index is 12.7. The number of carbonyl (C=O) groups excluding carboxylic acids is 2. The number of aromatic amines is 1. The third-order valence-corrected chi connectivity index (χ3v) is 4.99. The van der Waals surface area contributed by atoms with Crippen molar-refractivity contribution in [2.45, 2.75) is 6.92 Å². The van der Waals surface area contributed by atoms with Crippen molar-refractivity contribution in [3.63, 3.8) is 0 Å². The average molecular weight is 380 g/mol. The molecule has 1 aromatic heterocycles. The SMILES string of the molecule is Cc1nc(-c2ccc(NC(=O)c3ccc4c(c3)C(=O)c3ccccc3-4)cc2)n[nH]1. The minimum Gasteiger partial charge on any atom is -0.322 e. The number of fused-ring (bicyclic) bond motifs is 3. The number of ketones is 1. The van der Waals surface area contributed by atoms with Gasteiger partial charge in [-0.3, -0.25) is 14.7 Å². The van der Waals surface area contributed by atoms with Crippen molar-refractivity contribution in [1.82, 2.24) is 15.2 Å². The number of anilines is 1. The highest BCUT2D eigenvalue weighted by Crippen LogP contribution is 2.36. The second-order valence-electron chi connectivity index (χ2n) is 6.91. The quantitative estimate of drug-likeness (QED) is 0.490. The summed E-state index contributed by atoms with van der Waals surface area (Å²) in [6, 6.07) is 20.0. The van der Waals surface area contributed by atoms with Crippen molar-refractivity contribution in [3.05, 3.63) is 89.2 Å². The van der Waals surface area contributed by atoms with E-state index in [1.807, 2.05) is 49.4 Å². The predicted octanol–water partition coefficient (Wildman–Crippen LogP) is 4.24. The van der Waals surface area contributed by atoms with Crippen LogP contribution in [0.25, 0.3) is 22.5 Å². The highest BCUT2D eigenvalue weighted by atomic mass is 16.1. The van der Waals surface area contributed by atoms with Gasteiger partial charge in [0.05, 0.1) is 0 Å². The van der Waals surface area contributed by atoms with E-state index >= 15 is 0 Å². The largest absolute Gasteiger partial charge is 0.322 e. The first kappa shape index (κ1) is 17.1. The molecule has 5 rings (SSSR count). The zero-order chi connectivity index (χ0) is 20.0. The Morgan fingerprint density at radius 1 is 0.897 bits per heavy atom. The molecule has 1 amide bonds. The molecule has 140 valence electrons. The molecular formula is C23H16N4O2. The van der Waals surface area contributed by atoms with Crippen LogP contribution in [0.4, 0.5) is 5.69 Å². The van der Waals surface area contributed by atoms with Gasteiger partial charge in [0.2, 0.25) is 0 Å². The number of rotatable bonds is 3. The zero-order valence-corrected chi connectivity index (χ0v) is 15.6.